The zero-order chi connectivity index (χ0) is 15.5. The Labute approximate surface area is 130 Å². The number of nitrogens with one attached hydrogen (secondary N) is 1. The van der Waals surface area contributed by atoms with Gasteiger partial charge in [0, 0.05) is 18.7 Å². The van der Waals surface area contributed by atoms with Gasteiger partial charge in [0.25, 0.3) is 0 Å². The summed E-state index contributed by atoms with van der Waals surface area (Å²) in [5.74, 6) is 0. The summed E-state index contributed by atoms with van der Waals surface area (Å²) in [6.45, 7) is 12.0. The highest BCUT2D eigenvalue weighted by molar-refractivity contribution is 5.31. The van der Waals surface area contributed by atoms with E-state index in [0.717, 1.165) is 32.3 Å². The van der Waals surface area contributed by atoms with Crippen LogP contribution in [-0.4, -0.2) is 18.2 Å². The summed E-state index contributed by atoms with van der Waals surface area (Å²) >= 11 is 0. The monoisotopic (exact) mass is 289 g/mol. The molecule has 0 saturated carbocycles. The van der Waals surface area contributed by atoms with E-state index in [-0.39, 0.29) is 5.60 Å². The van der Waals surface area contributed by atoms with Crippen molar-refractivity contribution in [2.45, 2.75) is 78.0 Å². The van der Waals surface area contributed by atoms with E-state index in [4.69, 9.17) is 4.74 Å². The van der Waals surface area contributed by atoms with Crippen LogP contribution in [0.1, 0.15) is 69.2 Å². The maximum absolute atomic E-state index is 6.08. The maximum atomic E-state index is 6.08. The van der Waals surface area contributed by atoms with Gasteiger partial charge in [-0.1, -0.05) is 32.0 Å². The van der Waals surface area contributed by atoms with Crippen LogP contribution >= 0.6 is 0 Å². The summed E-state index contributed by atoms with van der Waals surface area (Å²) in [6.07, 6.45) is 4.48. The summed E-state index contributed by atoms with van der Waals surface area (Å²) < 4.78 is 6.08. The minimum absolute atomic E-state index is 0.0961. The second-order valence-corrected chi connectivity index (χ2v) is 6.66. The number of hydrogen-bond donors (Lipinski definition) is 1. The van der Waals surface area contributed by atoms with Crippen molar-refractivity contribution in [3.63, 3.8) is 0 Å². The number of rotatable bonds is 5. The van der Waals surface area contributed by atoms with Gasteiger partial charge >= 0.3 is 0 Å². The lowest BCUT2D eigenvalue weighted by atomic mass is 9.85. The SMILES string of the molecule is CCC1(CC)CC(NC(C)c2ccc(C)c(C)c2)CCO1. The predicted octanol–water partition coefficient (Wildman–Crippen LogP) is 4.69. The molecule has 0 aromatic heterocycles. The van der Waals surface area contributed by atoms with Crippen molar-refractivity contribution in [3.05, 3.63) is 34.9 Å². The van der Waals surface area contributed by atoms with E-state index >= 15 is 0 Å². The molecule has 2 unspecified atom stereocenters. The second-order valence-electron chi connectivity index (χ2n) is 6.66. The molecule has 1 aromatic carbocycles. The molecule has 0 radical (unpaired) electrons. The Balaban J connectivity index is 2.01. The van der Waals surface area contributed by atoms with Crippen LogP contribution in [0.4, 0.5) is 0 Å². The molecule has 2 nitrogen and oxygen atoms in total. The van der Waals surface area contributed by atoms with Crippen molar-refractivity contribution in [2.75, 3.05) is 6.61 Å². The number of benzene rings is 1. The summed E-state index contributed by atoms with van der Waals surface area (Å²) in [4.78, 5) is 0. The van der Waals surface area contributed by atoms with E-state index in [2.05, 4.69) is 58.1 Å². The molecular weight excluding hydrogens is 258 g/mol. The lowest BCUT2D eigenvalue weighted by Gasteiger charge is -2.41. The Kier molecular flexibility index (Phi) is 5.45. The summed E-state index contributed by atoms with van der Waals surface area (Å²) in [7, 11) is 0. The molecule has 1 aliphatic heterocycles. The number of aryl methyl sites for hydroxylation is 2. The number of hydrogen-bond acceptors (Lipinski definition) is 2. The lowest BCUT2D eigenvalue weighted by molar-refractivity contribution is -0.0939. The van der Waals surface area contributed by atoms with Crippen LogP contribution < -0.4 is 5.32 Å². The maximum Gasteiger partial charge on any atom is 0.0692 e. The highest BCUT2D eigenvalue weighted by Gasteiger charge is 2.34. The quantitative estimate of drug-likeness (QED) is 0.849. The van der Waals surface area contributed by atoms with Gasteiger partial charge in [-0.2, -0.15) is 0 Å². The highest BCUT2D eigenvalue weighted by atomic mass is 16.5. The van der Waals surface area contributed by atoms with E-state index in [0.29, 0.717) is 12.1 Å². The van der Waals surface area contributed by atoms with Gasteiger partial charge in [0.15, 0.2) is 0 Å². The van der Waals surface area contributed by atoms with Crippen LogP contribution in [0.25, 0.3) is 0 Å². The second kappa shape index (κ2) is 6.93. The van der Waals surface area contributed by atoms with Crippen LogP contribution in [-0.2, 0) is 4.74 Å². The normalized spacial score (nSPS) is 23.0. The average molecular weight is 289 g/mol. The molecule has 1 heterocycles. The minimum atomic E-state index is 0.0961. The van der Waals surface area contributed by atoms with Crippen LogP contribution in [0.5, 0.6) is 0 Å². The zero-order valence-corrected chi connectivity index (χ0v) is 14.3. The molecule has 1 aliphatic rings. The smallest absolute Gasteiger partial charge is 0.0692 e. The van der Waals surface area contributed by atoms with Gasteiger partial charge in [-0.05, 0) is 63.1 Å². The molecule has 118 valence electrons. The topological polar surface area (TPSA) is 21.3 Å². The Hall–Kier alpha value is -0.860. The molecule has 0 spiro atoms. The van der Waals surface area contributed by atoms with Gasteiger partial charge in [0.2, 0.25) is 0 Å². The summed E-state index contributed by atoms with van der Waals surface area (Å²) in [5.41, 5.74) is 4.24. The average Bonchev–Trinajstić information content (AvgIpc) is 2.50. The van der Waals surface area contributed by atoms with Gasteiger partial charge in [-0.3, -0.25) is 0 Å². The fourth-order valence-corrected chi connectivity index (χ4v) is 3.40. The fourth-order valence-electron chi connectivity index (χ4n) is 3.40. The van der Waals surface area contributed by atoms with Crippen molar-refractivity contribution >= 4 is 0 Å². The van der Waals surface area contributed by atoms with Crippen LogP contribution in [0.3, 0.4) is 0 Å². The molecule has 2 heteroatoms. The molecule has 1 aromatic rings. The first kappa shape index (κ1) is 16.5. The Morgan fingerprint density at radius 3 is 2.57 bits per heavy atom. The van der Waals surface area contributed by atoms with Crippen molar-refractivity contribution in [2.24, 2.45) is 0 Å². The zero-order valence-electron chi connectivity index (χ0n) is 14.3. The first-order chi connectivity index (χ1) is 9.99. The third kappa shape index (κ3) is 3.87. The third-order valence-corrected chi connectivity index (χ3v) is 5.30. The third-order valence-electron chi connectivity index (χ3n) is 5.30. The van der Waals surface area contributed by atoms with E-state index < -0.39 is 0 Å². The van der Waals surface area contributed by atoms with Crippen LogP contribution in [0, 0.1) is 13.8 Å². The van der Waals surface area contributed by atoms with E-state index in [1.807, 2.05) is 0 Å². The van der Waals surface area contributed by atoms with Crippen LogP contribution in [0.15, 0.2) is 18.2 Å². The van der Waals surface area contributed by atoms with Gasteiger partial charge in [-0.15, -0.1) is 0 Å². The molecule has 2 rings (SSSR count). The first-order valence-corrected chi connectivity index (χ1v) is 8.47. The minimum Gasteiger partial charge on any atom is -0.375 e. The van der Waals surface area contributed by atoms with E-state index in [1.54, 1.807) is 0 Å². The van der Waals surface area contributed by atoms with E-state index in [9.17, 15) is 0 Å². The van der Waals surface area contributed by atoms with E-state index in [1.165, 1.54) is 16.7 Å². The predicted molar refractivity (Wildman–Crippen MR) is 89.8 cm³/mol. The fraction of sp³-hybridized carbons (Fsp3) is 0.684. The van der Waals surface area contributed by atoms with Gasteiger partial charge < -0.3 is 10.1 Å². The Morgan fingerprint density at radius 2 is 1.95 bits per heavy atom. The molecule has 2 atom stereocenters. The summed E-state index contributed by atoms with van der Waals surface area (Å²) in [5, 5.41) is 3.83. The Morgan fingerprint density at radius 1 is 1.24 bits per heavy atom. The molecule has 0 bridgehead atoms. The molecule has 0 aliphatic carbocycles. The van der Waals surface area contributed by atoms with Crippen molar-refractivity contribution < 1.29 is 4.74 Å². The highest BCUT2D eigenvalue weighted by Crippen LogP contribution is 2.32. The number of ether oxygens (including phenoxy) is 1. The summed E-state index contributed by atoms with van der Waals surface area (Å²) in [6, 6.07) is 7.77. The first-order valence-electron chi connectivity index (χ1n) is 8.47. The molecule has 21 heavy (non-hydrogen) atoms. The molecular formula is C19H31NO. The van der Waals surface area contributed by atoms with Crippen molar-refractivity contribution in [1.29, 1.82) is 0 Å². The molecule has 1 N–H and O–H groups in total. The molecule has 1 saturated heterocycles. The molecule has 0 amide bonds. The van der Waals surface area contributed by atoms with Gasteiger partial charge in [0.05, 0.1) is 5.60 Å². The largest absolute Gasteiger partial charge is 0.375 e. The lowest BCUT2D eigenvalue weighted by Crippen LogP contribution is -2.47. The van der Waals surface area contributed by atoms with Gasteiger partial charge in [-0.25, -0.2) is 0 Å². The van der Waals surface area contributed by atoms with Crippen molar-refractivity contribution in [1.82, 2.24) is 5.32 Å². The van der Waals surface area contributed by atoms with Crippen LogP contribution in [0.2, 0.25) is 0 Å². The van der Waals surface area contributed by atoms with Gasteiger partial charge in [0.1, 0.15) is 0 Å². The standard InChI is InChI=1S/C19H31NO/c1-6-19(7-2)13-18(10-11-21-19)20-16(5)17-9-8-14(3)15(4)12-17/h8-9,12,16,18,20H,6-7,10-11,13H2,1-5H3. The van der Waals surface area contributed by atoms with Crippen molar-refractivity contribution in [3.8, 4) is 0 Å². The Bertz CT molecular complexity index is 465. The molecule has 1 fully saturated rings.